The number of amides is 1. The Morgan fingerprint density at radius 1 is 1.15 bits per heavy atom. The van der Waals surface area contributed by atoms with Crippen molar-refractivity contribution in [2.24, 2.45) is 0 Å². The highest BCUT2D eigenvalue weighted by Gasteiger charge is 2.29. The van der Waals surface area contributed by atoms with E-state index in [4.69, 9.17) is 0 Å². The van der Waals surface area contributed by atoms with Crippen LogP contribution >= 0.6 is 15.9 Å². The number of carbonyl (C=O) groups is 2. The van der Waals surface area contributed by atoms with E-state index in [2.05, 4.69) is 41.1 Å². The first-order chi connectivity index (χ1) is 13.0. The molecular formula is C23H22BrNO2. The highest BCUT2D eigenvalue weighted by Crippen LogP contribution is 2.43. The van der Waals surface area contributed by atoms with Gasteiger partial charge in [0.05, 0.1) is 18.7 Å². The average molecular weight is 424 g/mol. The SMILES string of the molecule is Cc1ccc(CN2C(=O)CC(C=O)=C(Br)c3cccc(C)c32)cc1C1CC1. The number of aldehydes is 1. The summed E-state index contributed by atoms with van der Waals surface area (Å²) in [6, 6.07) is 12.5. The minimum atomic E-state index is -0.0457. The highest BCUT2D eigenvalue weighted by molar-refractivity contribution is 9.15. The first-order valence-corrected chi connectivity index (χ1v) is 10.1. The number of rotatable bonds is 4. The van der Waals surface area contributed by atoms with Crippen LogP contribution in [0.3, 0.4) is 0 Å². The van der Waals surface area contributed by atoms with Crippen LogP contribution in [0.1, 0.15) is 53.0 Å². The molecule has 27 heavy (non-hydrogen) atoms. The zero-order chi connectivity index (χ0) is 19.1. The molecule has 4 rings (SSSR count). The fourth-order valence-corrected chi connectivity index (χ4v) is 4.45. The van der Waals surface area contributed by atoms with Crippen molar-refractivity contribution in [1.82, 2.24) is 0 Å². The van der Waals surface area contributed by atoms with Crippen molar-refractivity contribution in [2.45, 2.75) is 45.6 Å². The van der Waals surface area contributed by atoms with Crippen molar-refractivity contribution >= 4 is 38.3 Å². The van der Waals surface area contributed by atoms with Gasteiger partial charge in [-0.05, 0) is 70.8 Å². The van der Waals surface area contributed by atoms with E-state index in [-0.39, 0.29) is 12.3 Å². The first kappa shape index (κ1) is 18.2. The Bertz CT molecular complexity index is 972. The van der Waals surface area contributed by atoms with Crippen molar-refractivity contribution in [3.63, 3.8) is 0 Å². The van der Waals surface area contributed by atoms with Crippen LogP contribution in [0, 0.1) is 13.8 Å². The summed E-state index contributed by atoms with van der Waals surface area (Å²) in [5, 5.41) is 0. The molecule has 0 saturated heterocycles. The Labute approximate surface area is 168 Å². The fraction of sp³-hybridized carbons (Fsp3) is 0.304. The zero-order valence-corrected chi connectivity index (χ0v) is 17.2. The molecule has 0 spiro atoms. The second kappa shape index (κ2) is 7.08. The lowest BCUT2D eigenvalue weighted by atomic mass is 10.00. The van der Waals surface area contributed by atoms with Crippen molar-refractivity contribution in [3.8, 4) is 0 Å². The molecule has 3 nitrogen and oxygen atoms in total. The van der Waals surface area contributed by atoms with E-state index in [9.17, 15) is 9.59 Å². The molecule has 138 valence electrons. The Balaban J connectivity index is 1.78. The molecule has 1 heterocycles. The molecule has 0 bridgehead atoms. The third kappa shape index (κ3) is 3.39. The third-order valence-corrected chi connectivity index (χ3v) is 6.45. The standard InChI is InChI=1S/C23H22BrNO2/c1-14-6-7-16(10-20(14)17-8-9-17)12-25-21(27)11-18(13-26)22(24)19-5-3-4-15(2)23(19)25/h3-7,10,13,17H,8-9,11-12H2,1-2H3. The van der Waals surface area contributed by atoms with Gasteiger partial charge in [0.15, 0.2) is 0 Å². The summed E-state index contributed by atoms with van der Waals surface area (Å²) in [4.78, 5) is 26.4. The van der Waals surface area contributed by atoms with E-state index >= 15 is 0 Å². The number of nitrogens with zero attached hydrogens (tertiary/aromatic N) is 1. The molecule has 1 aliphatic heterocycles. The summed E-state index contributed by atoms with van der Waals surface area (Å²) in [5.41, 5.74) is 7.18. The molecule has 0 radical (unpaired) electrons. The maximum Gasteiger partial charge on any atom is 0.231 e. The van der Waals surface area contributed by atoms with Crippen LogP contribution in [0.25, 0.3) is 4.48 Å². The smallest absolute Gasteiger partial charge is 0.231 e. The van der Waals surface area contributed by atoms with Crippen molar-refractivity contribution in [3.05, 3.63) is 69.8 Å². The Morgan fingerprint density at radius 2 is 1.93 bits per heavy atom. The fourth-order valence-electron chi connectivity index (χ4n) is 3.89. The molecule has 0 aromatic heterocycles. The molecule has 2 aromatic rings. The van der Waals surface area contributed by atoms with E-state index in [0.717, 1.165) is 33.1 Å². The highest BCUT2D eigenvalue weighted by atomic mass is 79.9. The second-order valence-electron chi connectivity index (χ2n) is 7.55. The van der Waals surface area contributed by atoms with Crippen LogP contribution in [0.4, 0.5) is 5.69 Å². The van der Waals surface area contributed by atoms with E-state index in [0.29, 0.717) is 18.0 Å². The lowest BCUT2D eigenvalue weighted by molar-refractivity contribution is -0.118. The van der Waals surface area contributed by atoms with E-state index in [1.54, 1.807) is 0 Å². The average Bonchev–Trinajstić information content (AvgIpc) is 3.50. The molecule has 2 aliphatic rings. The number of fused-ring (bicyclic) bond motifs is 1. The number of carbonyl (C=O) groups excluding carboxylic acids is 2. The van der Waals surface area contributed by atoms with Crippen LogP contribution in [0.2, 0.25) is 0 Å². The van der Waals surface area contributed by atoms with Gasteiger partial charge in [0.2, 0.25) is 5.91 Å². The molecule has 4 heteroatoms. The topological polar surface area (TPSA) is 37.4 Å². The second-order valence-corrected chi connectivity index (χ2v) is 8.34. The predicted molar refractivity (Wildman–Crippen MR) is 112 cm³/mol. The molecule has 0 N–H and O–H groups in total. The monoisotopic (exact) mass is 423 g/mol. The van der Waals surface area contributed by atoms with Gasteiger partial charge >= 0.3 is 0 Å². The molecule has 0 atom stereocenters. The summed E-state index contributed by atoms with van der Waals surface area (Å²) in [6.07, 6.45) is 3.41. The van der Waals surface area contributed by atoms with Crippen LogP contribution < -0.4 is 4.90 Å². The number of aryl methyl sites for hydroxylation is 2. The molecule has 1 fully saturated rings. The normalized spacial score (nSPS) is 17.0. The van der Waals surface area contributed by atoms with Gasteiger partial charge in [-0.2, -0.15) is 0 Å². The lowest BCUT2D eigenvalue weighted by Crippen LogP contribution is -2.31. The minimum absolute atomic E-state index is 0.0457. The van der Waals surface area contributed by atoms with Crippen molar-refractivity contribution < 1.29 is 9.59 Å². The number of para-hydroxylation sites is 1. The van der Waals surface area contributed by atoms with Gasteiger partial charge in [0, 0.05) is 15.6 Å². The number of halogens is 1. The van der Waals surface area contributed by atoms with Crippen LogP contribution in [0.5, 0.6) is 0 Å². The van der Waals surface area contributed by atoms with Gasteiger partial charge in [-0.15, -0.1) is 0 Å². The number of benzene rings is 2. The van der Waals surface area contributed by atoms with Gasteiger partial charge in [0.1, 0.15) is 6.29 Å². The molecular weight excluding hydrogens is 402 g/mol. The Morgan fingerprint density at radius 3 is 2.63 bits per heavy atom. The number of hydrogen-bond acceptors (Lipinski definition) is 2. The lowest BCUT2D eigenvalue weighted by Gasteiger charge is -2.26. The van der Waals surface area contributed by atoms with E-state index in [1.165, 1.54) is 24.0 Å². The van der Waals surface area contributed by atoms with Gasteiger partial charge in [-0.25, -0.2) is 0 Å². The summed E-state index contributed by atoms with van der Waals surface area (Å²) in [5.74, 6) is 0.631. The summed E-state index contributed by atoms with van der Waals surface area (Å²) in [7, 11) is 0. The molecule has 2 aromatic carbocycles. The van der Waals surface area contributed by atoms with E-state index in [1.807, 2.05) is 30.0 Å². The van der Waals surface area contributed by atoms with Crippen LogP contribution in [-0.2, 0) is 16.1 Å². The first-order valence-electron chi connectivity index (χ1n) is 9.33. The molecule has 1 aliphatic carbocycles. The van der Waals surface area contributed by atoms with E-state index < -0.39 is 0 Å². The number of anilines is 1. The molecule has 1 amide bonds. The largest absolute Gasteiger partial charge is 0.307 e. The maximum absolute atomic E-state index is 13.1. The summed E-state index contributed by atoms with van der Waals surface area (Å²) in [6.45, 7) is 4.69. The van der Waals surface area contributed by atoms with Crippen molar-refractivity contribution in [1.29, 1.82) is 0 Å². The minimum Gasteiger partial charge on any atom is -0.307 e. The third-order valence-electron chi connectivity index (χ3n) is 5.51. The van der Waals surface area contributed by atoms with Crippen molar-refractivity contribution in [2.75, 3.05) is 4.90 Å². The van der Waals surface area contributed by atoms with Gasteiger partial charge in [0.25, 0.3) is 0 Å². The Hall–Kier alpha value is -2.20. The maximum atomic E-state index is 13.1. The summed E-state index contributed by atoms with van der Waals surface area (Å²) < 4.78 is 0.717. The summed E-state index contributed by atoms with van der Waals surface area (Å²) >= 11 is 3.56. The molecule has 0 unspecified atom stereocenters. The molecule has 1 saturated carbocycles. The van der Waals surface area contributed by atoms with Crippen LogP contribution in [0.15, 0.2) is 42.0 Å². The number of hydrogen-bond donors (Lipinski definition) is 0. The van der Waals surface area contributed by atoms with Gasteiger partial charge in [-0.1, -0.05) is 36.4 Å². The quantitative estimate of drug-likeness (QED) is 0.615. The predicted octanol–water partition coefficient (Wildman–Crippen LogP) is 5.42. The van der Waals surface area contributed by atoms with Gasteiger partial charge < -0.3 is 4.90 Å². The van der Waals surface area contributed by atoms with Crippen LogP contribution in [-0.4, -0.2) is 12.2 Å². The zero-order valence-electron chi connectivity index (χ0n) is 15.6. The van der Waals surface area contributed by atoms with Gasteiger partial charge in [-0.3, -0.25) is 9.59 Å². The Kier molecular flexibility index (Phi) is 4.77.